The second kappa shape index (κ2) is 6.99. The number of benzene rings is 1. The molecule has 1 aromatic carbocycles. The molecule has 0 saturated heterocycles. The van der Waals surface area contributed by atoms with Crippen molar-refractivity contribution in [2.24, 2.45) is 10.9 Å². The topological polar surface area (TPSA) is 78.9 Å². The van der Waals surface area contributed by atoms with Gasteiger partial charge >= 0.3 is 0 Å². The van der Waals surface area contributed by atoms with Crippen LogP contribution in [0.3, 0.4) is 0 Å². The van der Waals surface area contributed by atoms with Crippen molar-refractivity contribution in [3.63, 3.8) is 0 Å². The molecule has 104 valence electrons. The summed E-state index contributed by atoms with van der Waals surface area (Å²) in [7, 11) is 1.70. The van der Waals surface area contributed by atoms with Gasteiger partial charge in [-0.1, -0.05) is 28.9 Å². The number of likely N-dealkylation sites (N-methyl/N-ethyl adjacent to an activating group) is 1. The molecule has 0 saturated carbocycles. The van der Waals surface area contributed by atoms with Crippen LogP contribution >= 0.6 is 11.6 Å². The zero-order valence-corrected chi connectivity index (χ0v) is 11.8. The number of rotatable bonds is 5. The van der Waals surface area contributed by atoms with Crippen molar-refractivity contribution in [3.05, 3.63) is 34.9 Å². The Morgan fingerprint density at radius 2 is 2.26 bits per heavy atom. The summed E-state index contributed by atoms with van der Waals surface area (Å²) in [5.74, 6) is 0.0652. The normalized spacial score (nSPS) is 13.1. The molecule has 0 aliphatic rings. The molecule has 19 heavy (non-hydrogen) atoms. The van der Waals surface area contributed by atoms with Gasteiger partial charge in [-0.25, -0.2) is 0 Å². The number of oxime groups is 1. The highest BCUT2D eigenvalue weighted by Gasteiger charge is 2.17. The van der Waals surface area contributed by atoms with Crippen molar-refractivity contribution >= 4 is 23.3 Å². The highest BCUT2D eigenvalue weighted by Crippen LogP contribution is 2.12. The van der Waals surface area contributed by atoms with Gasteiger partial charge < -0.3 is 15.8 Å². The van der Waals surface area contributed by atoms with E-state index in [9.17, 15) is 4.79 Å². The van der Waals surface area contributed by atoms with Gasteiger partial charge in [0.15, 0.2) is 0 Å². The number of hydrogen-bond acceptors (Lipinski definition) is 3. The third-order valence-electron chi connectivity index (χ3n) is 2.93. The molecule has 1 unspecified atom stereocenters. The van der Waals surface area contributed by atoms with Gasteiger partial charge in [0.25, 0.3) is 0 Å². The molecule has 5 nitrogen and oxygen atoms in total. The molecule has 6 heteroatoms. The second-order valence-electron chi connectivity index (χ2n) is 4.46. The average Bonchev–Trinajstić information content (AvgIpc) is 2.37. The summed E-state index contributed by atoms with van der Waals surface area (Å²) in [6.45, 7) is 1.84. The highest BCUT2D eigenvalue weighted by atomic mass is 35.5. The van der Waals surface area contributed by atoms with Crippen LogP contribution in [0.4, 0.5) is 0 Å². The molecule has 0 spiro atoms. The molecule has 0 heterocycles. The number of halogens is 1. The fourth-order valence-corrected chi connectivity index (χ4v) is 1.89. The fourth-order valence-electron chi connectivity index (χ4n) is 1.67. The maximum absolute atomic E-state index is 12.1. The van der Waals surface area contributed by atoms with Crippen molar-refractivity contribution in [3.8, 4) is 0 Å². The summed E-state index contributed by atoms with van der Waals surface area (Å²) in [4.78, 5) is 13.7. The van der Waals surface area contributed by atoms with Gasteiger partial charge in [0.1, 0.15) is 5.84 Å². The Morgan fingerprint density at radius 1 is 1.58 bits per heavy atom. The van der Waals surface area contributed by atoms with E-state index in [2.05, 4.69) is 5.16 Å². The molecular formula is C13H18ClN3O2. The Labute approximate surface area is 117 Å². The summed E-state index contributed by atoms with van der Waals surface area (Å²) in [5.41, 5.74) is 6.29. The maximum atomic E-state index is 12.1. The van der Waals surface area contributed by atoms with Crippen molar-refractivity contribution in [2.75, 3.05) is 7.05 Å². The van der Waals surface area contributed by atoms with Gasteiger partial charge in [-0.2, -0.15) is 0 Å². The minimum atomic E-state index is -0.136. The fraction of sp³-hybridized carbons (Fsp3) is 0.385. The Kier molecular flexibility index (Phi) is 5.63. The zero-order valence-electron chi connectivity index (χ0n) is 11.0. The van der Waals surface area contributed by atoms with Crippen molar-refractivity contribution in [1.29, 1.82) is 0 Å². The number of carbonyl (C=O) groups is 1. The molecule has 0 fully saturated rings. The first-order valence-electron chi connectivity index (χ1n) is 5.90. The molecule has 1 atom stereocenters. The van der Waals surface area contributed by atoms with E-state index in [1.54, 1.807) is 24.1 Å². The summed E-state index contributed by atoms with van der Waals surface area (Å²) < 4.78 is 0. The first kappa shape index (κ1) is 15.3. The molecule has 1 amide bonds. The molecule has 3 N–H and O–H groups in total. The molecule has 0 bridgehead atoms. The average molecular weight is 284 g/mol. The van der Waals surface area contributed by atoms with Crippen LogP contribution in [0.25, 0.3) is 0 Å². The molecule has 0 aromatic heterocycles. The predicted octanol–water partition coefficient (Wildman–Crippen LogP) is 1.87. The van der Waals surface area contributed by atoms with Crippen LogP contribution in [0.5, 0.6) is 0 Å². The first-order chi connectivity index (χ1) is 8.93. The van der Waals surface area contributed by atoms with Crippen LogP contribution < -0.4 is 5.73 Å². The lowest BCUT2D eigenvalue weighted by Gasteiger charge is -2.24. The molecule has 1 aromatic rings. The van der Waals surface area contributed by atoms with Crippen LogP contribution in [0, 0.1) is 0 Å². The van der Waals surface area contributed by atoms with Gasteiger partial charge in [0.2, 0.25) is 5.91 Å². The molecular weight excluding hydrogens is 266 g/mol. The smallest absolute Gasteiger partial charge is 0.226 e. The third-order valence-corrected chi connectivity index (χ3v) is 3.17. The Bertz CT molecular complexity index is 477. The van der Waals surface area contributed by atoms with Gasteiger partial charge in [-0.15, -0.1) is 0 Å². The first-order valence-corrected chi connectivity index (χ1v) is 6.28. The molecule has 1 rings (SSSR count). The number of nitrogens with two attached hydrogens (primary N) is 1. The lowest BCUT2D eigenvalue weighted by molar-refractivity contribution is -0.130. The Balaban J connectivity index is 2.62. The monoisotopic (exact) mass is 283 g/mol. The van der Waals surface area contributed by atoms with Crippen molar-refractivity contribution in [1.82, 2.24) is 4.90 Å². The quantitative estimate of drug-likeness (QED) is 0.375. The number of amidine groups is 1. The van der Waals surface area contributed by atoms with Crippen molar-refractivity contribution < 1.29 is 10.0 Å². The van der Waals surface area contributed by atoms with Crippen LogP contribution in [-0.4, -0.2) is 34.9 Å². The van der Waals surface area contributed by atoms with Gasteiger partial charge in [0.05, 0.1) is 6.42 Å². The molecule has 0 aliphatic heterocycles. The summed E-state index contributed by atoms with van der Waals surface area (Å²) in [6, 6.07) is 7.06. The van der Waals surface area contributed by atoms with E-state index in [0.717, 1.165) is 5.56 Å². The number of nitrogens with zero attached hydrogens (tertiary/aromatic N) is 2. The SMILES string of the molecule is CC(CC(N)=NO)N(C)C(=O)Cc1cccc(Cl)c1. The van der Waals surface area contributed by atoms with E-state index >= 15 is 0 Å². The van der Waals surface area contributed by atoms with Crippen LogP contribution in [-0.2, 0) is 11.2 Å². The lowest BCUT2D eigenvalue weighted by Crippen LogP contribution is -2.38. The standard InChI is InChI=1S/C13H18ClN3O2/c1-9(6-12(15)16-19)17(2)13(18)8-10-4-3-5-11(14)7-10/h3-5,7,9,19H,6,8H2,1-2H3,(H2,15,16). The van der Waals surface area contributed by atoms with E-state index in [4.69, 9.17) is 22.5 Å². The minimum absolute atomic E-state index is 0.0412. The van der Waals surface area contributed by atoms with Crippen LogP contribution in [0.15, 0.2) is 29.4 Å². The van der Waals surface area contributed by atoms with E-state index < -0.39 is 0 Å². The largest absolute Gasteiger partial charge is 0.409 e. The Morgan fingerprint density at radius 3 is 2.84 bits per heavy atom. The lowest BCUT2D eigenvalue weighted by atomic mass is 10.1. The summed E-state index contributed by atoms with van der Waals surface area (Å²) in [6.07, 6.45) is 0.603. The number of hydrogen-bond donors (Lipinski definition) is 2. The second-order valence-corrected chi connectivity index (χ2v) is 4.89. The highest BCUT2D eigenvalue weighted by molar-refractivity contribution is 6.30. The Hall–Kier alpha value is -1.75. The molecule has 0 aliphatic carbocycles. The predicted molar refractivity (Wildman–Crippen MR) is 75.4 cm³/mol. The summed E-state index contributed by atoms with van der Waals surface area (Å²) in [5, 5.41) is 12.0. The van der Waals surface area contributed by atoms with Gasteiger partial charge in [-0.3, -0.25) is 4.79 Å². The van der Waals surface area contributed by atoms with E-state index in [0.29, 0.717) is 11.4 Å². The summed E-state index contributed by atoms with van der Waals surface area (Å²) >= 11 is 5.87. The number of amides is 1. The minimum Gasteiger partial charge on any atom is -0.409 e. The van der Waals surface area contributed by atoms with E-state index in [1.807, 2.05) is 19.1 Å². The third kappa shape index (κ3) is 4.79. The van der Waals surface area contributed by atoms with E-state index in [-0.39, 0.29) is 24.2 Å². The zero-order chi connectivity index (χ0) is 14.4. The van der Waals surface area contributed by atoms with Gasteiger partial charge in [0, 0.05) is 24.5 Å². The maximum Gasteiger partial charge on any atom is 0.226 e. The number of carbonyl (C=O) groups excluding carboxylic acids is 1. The van der Waals surface area contributed by atoms with Crippen molar-refractivity contribution in [2.45, 2.75) is 25.8 Å². The van der Waals surface area contributed by atoms with E-state index in [1.165, 1.54) is 0 Å². The molecule has 0 radical (unpaired) electrons. The van der Waals surface area contributed by atoms with Crippen LogP contribution in [0.2, 0.25) is 5.02 Å². The van der Waals surface area contributed by atoms with Crippen LogP contribution in [0.1, 0.15) is 18.9 Å². The van der Waals surface area contributed by atoms with Gasteiger partial charge in [-0.05, 0) is 24.6 Å².